The molecule has 2 rings (SSSR count). The lowest BCUT2D eigenvalue weighted by Crippen LogP contribution is -2.08. The van der Waals surface area contributed by atoms with Gasteiger partial charge in [-0.3, -0.25) is 4.79 Å². The Kier molecular flexibility index (Phi) is 4.58. The maximum absolute atomic E-state index is 11.9. The Morgan fingerprint density at radius 2 is 1.89 bits per heavy atom. The standard InChI is InChI=1S/C16H16ClNO/c1-12-5-7-13(8-6-12)16(19)9-10-18-15-4-2-3-14(17)11-15/h2-8,11,18H,9-10H2,1H3. The molecule has 0 bridgehead atoms. The number of ketones is 1. The number of aryl methyl sites for hydroxylation is 1. The Bertz CT molecular complexity index is 563. The highest BCUT2D eigenvalue weighted by atomic mass is 35.5. The van der Waals surface area contributed by atoms with Crippen LogP contribution in [0.1, 0.15) is 22.3 Å². The predicted octanol–water partition coefficient (Wildman–Crippen LogP) is 4.33. The van der Waals surface area contributed by atoms with Gasteiger partial charge in [0.2, 0.25) is 0 Å². The summed E-state index contributed by atoms with van der Waals surface area (Å²) in [6, 6.07) is 15.1. The summed E-state index contributed by atoms with van der Waals surface area (Å²) in [5.74, 6) is 0.148. The second-order valence-corrected chi connectivity index (χ2v) is 4.91. The van der Waals surface area contributed by atoms with Crippen LogP contribution in [0.4, 0.5) is 5.69 Å². The first-order valence-corrected chi connectivity index (χ1v) is 6.62. The molecular weight excluding hydrogens is 258 g/mol. The van der Waals surface area contributed by atoms with Crippen molar-refractivity contribution in [2.45, 2.75) is 13.3 Å². The minimum absolute atomic E-state index is 0.148. The highest BCUT2D eigenvalue weighted by Gasteiger charge is 2.04. The molecule has 0 amide bonds. The molecule has 0 radical (unpaired) electrons. The van der Waals surface area contributed by atoms with E-state index in [1.807, 2.05) is 55.5 Å². The van der Waals surface area contributed by atoms with Crippen molar-refractivity contribution in [1.29, 1.82) is 0 Å². The van der Waals surface area contributed by atoms with Gasteiger partial charge < -0.3 is 5.32 Å². The number of anilines is 1. The summed E-state index contributed by atoms with van der Waals surface area (Å²) in [7, 11) is 0. The molecule has 0 aliphatic rings. The number of carbonyl (C=O) groups is 1. The van der Waals surface area contributed by atoms with Crippen molar-refractivity contribution in [3.05, 3.63) is 64.7 Å². The molecule has 2 aromatic rings. The first kappa shape index (κ1) is 13.6. The van der Waals surface area contributed by atoms with Crippen LogP contribution < -0.4 is 5.32 Å². The lowest BCUT2D eigenvalue weighted by Gasteiger charge is -2.06. The van der Waals surface area contributed by atoms with Crippen molar-refractivity contribution >= 4 is 23.1 Å². The van der Waals surface area contributed by atoms with E-state index in [-0.39, 0.29) is 5.78 Å². The van der Waals surface area contributed by atoms with Gasteiger partial charge in [-0.1, -0.05) is 47.5 Å². The van der Waals surface area contributed by atoms with Crippen molar-refractivity contribution in [3.8, 4) is 0 Å². The number of Topliss-reactive ketones (excluding diaryl/α,β-unsaturated/α-hetero) is 1. The van der Waals surface area contributed by atoms with Gasteiger partial charge in [-0.05, 0) is 25.1 Å². The Balaban J connectivity index is 1.86. The van der Waals surface area contributed by atoms with Crippen molar-refractivity contribution < 1.29 is 4.79 Å². The third kappa shape index (κ3) is 4.11. The zero-order valence-corrected chi connectivity index (χ0v) is 11.6. The molecule has 3 heteroatoms. The van der Waals surface area contributed by atoms with E-state index < -0.39 is 0 Å². The van der Waals surface area contributed by atoms with Crippen LogP contribution in [0.5, 0.6) is 0 Å². The minimum Gasteiger partial charge on any atom is -0.385 e. The van der Waals surface area contributed by atoms with Crippen molar-refractivity contribution in [2.75, 3.05) is 11.9 Å². The van der Waals surface area contributed by atoms with Gasteiger partial charge in [-0.25, -0.2) is 0 Å². The van der Waals surface area contributed by atoms with Gasteiger partial charge in [0.25, 0.3) is 0 Å². The molecule has 98 valence electrons. The SMILES string of the molecule is Cc1ccc(C(=O)CCNc2cccc(Cl)c2)cc1. The summed E-state index contributed by atoms with van der Waals surface area (Å²) in [5.41, 5.74) is 2.86. The second-order valence-electron chi connectivity index (χ2n) is 4.48. The quantitative estimate of drug-likeness (QED) is 0.822. The first-order chi connectivity index (χ1) is 9.15. The molecule has 2 nitrogen and oxygen atoms in total. The van der Waals surface area contributed by atoms with E-state index in [9.17, 15) is 4.79 Å². The van der Waals surface area contributed by atoms with E-state index in [1.54, 1.807) is 0 Å². The minimum atomic E-state index is 0.148. The smallest absolute Gasteiger partial charge is 0.164 e. The zero-order chi connectivity index (χ0) is 13.7. The fourth-order valence-electron chi connectivity index (χ4n) is 1.80. The van der Waals surface area contributed by atoms with Crippen molar-refractivity contribution in [2.24, 2.45) is 0 Å². The van der Waals surface area contributed by atoms with Crippen LogP contribution in [0.25, 0.3) is 0 Å². The molecule has 0 heterocycles. The van der Waals surface area contributed by atoms with E-state index in [4.69, 9.17) is 11.6 Å². The average molecular weight is 274 g/mol. The largest absolute Gasteiger partial charge is 0.385 e. The number of halogens is 1. The number of nitrogens with one attached hydrogen (secondary N) is 1. The van der Waals surface area contributed by atoms with Crippen molar-refractivity contribution in [1.82, 2.24) is 0 Å². The van der Waals surface area contributed by atoms with Crippen LogP contribution in [0.15, 0.2) is 48.5 Å². The number of hydrogen-bond donors (Lipinski definition) is 1. The molecule has 19 heavy (non-hydrogen) atoms. The Morgan fingerprint density at radius 1 is 1.16 bits per heavy atom. The third-order valence-electron chi connectivity index (χ3n) is 2.88. The molecule has 0 aliphatic heterocycles. The van der Waals surface area contributed by atoms with E-state index >= 15 is 0 Å². The fraction of sp³-hybridized carbons (Fsp3) is 0.188. The molecule has 0 aromatic heterocycles. The molecular formula is C16H16ClNO. The molecule has 0 saturated heterocycles. The average Bonchev–Trinajstić information content (AvgIpc) is 2.39. The third-order valence-corrected chi connectivity index (χ3v) is 3.11. The normalized spacial score (nSPS) is 10.2. The molecule has 0 unspecified atom stereocenters. The number of carbonyl (C=O) groups excluding carboxylic acids is 1. The first-order valence-electron chi connectivity index (χ1n) is 6.24. The number of rotatable bonds is 5. The van der Waals surface area contributed by atoms with Crippen LogP contribution >= 0.6 is 11.6 Å². The monoisotopic (exact) mass is 273 g/mol. The lowest BCUT2D eigenvalue weighted by atomic mass is 10.1. The fourth-order valence-corrected chi connectivity index (χ4v) is 1.99. The van der Waals surface area contributed by atoms with Gasteiger partial charge in [-0.15, -0.1) is 0 Å². The summed E-state index contributed by atoms with van der Waals surface area (Å²) in [4.78, 5) is 11.9. The zero-order valence-electron chi connectivity index (χ0n) is 10.8. The number of hydrogen-bond acceptors (Lipinski definition) is 2. The Morgan fingerprint density at radius 3 is 2.58 bits per heavy atom. The summed E-state index contributed by atoms with van der Waals surface area (Å²) in [6.45, 7) is 2.61. The molecule has 0 fully saturated rings. The molecule has 1 N–H and O–H groups in total. The highest BCUT2D eigenvalue weighted by molar-refractivity contribution is 6.30. The van der Waals surface area contributed by atoms with Crippen LogP contribution in [0, 0.1) is 6.92 Å². The van der Waals surface area contributed by atoms with E-state index in [2.05, 4.69) is 5.32 Å². The number of benzene rings is 2. The van der Waals surface area contributed by atoms with E-state index in [1.165, 1.54) is 0 Å². The summed E-state index contributed by atoms with van der Waals surface area (Å²) >= 11 is 5.89. The van der Waals surface area contributed by atoms with Crippen LogP contribution in [0.3, 0.4) is 0 Å². The Labute approximate surface area is 118 Å². The summed E-state index contributed by atoms with van der Waals surface area (Å²) in [6.07, 6.45) is 0.468. The van der Waals surface area contributed by atoms with Gasteiger partial charge in [-0.2, -0.15) is 0 Å². The second kappa shape index (κ2) is 6.39. The molecule has 0 saturated carbocycles. The van der Waals surface area contributed by atoms with Crippen LogP contribution in [-0.2, 0) is 0 Å². The highest BCUT2D eigenvalue weighted by Crippen LogP contribution is 2.15. The van der Waals surface area contributed by atoms with Crippen molar-refractivity contribution in [3.63, 3.8) is 0 Å². The topological polar surface area (TPSA) is 29.1 Å². The van der Waals surface area contributed by atoms with Gasteiger partial charge in [0, 0.05) is 29.2 Å². The molecule has 0 aliphatic carbocycles. The van der Waals surface area contributed by atoms with E-state index in [0.717, 1.165) is 16.8 Å². The molecule has 2 aromatic carbocycles. The van der Waals surface area contributed by atoms with Crippen LogP contribution in [0.2, 0.25) is 5.02 Å². The van der Waals surface area contributed by atoms with Gasteiger partial charge in [0.1, 0.15) is 0 Å². The van der Waals surface area contributed by atoms with Gasteiger partial charge in [0.15, 0.2) is 5.78 Å². The van der Waals surface area contributed by atoms with Crippen LogP contribution in [-0.4, -0.2) is 12.3 Å². The van der Waals surface area contributed by atoms with Gasteiger partial charge in [0.05, 0.1) is 0 Å². The Hall–Kier alpha value is -1.80. The maximum atomic E-state index is 11.9. The summed E-state index contributed by atoms with van der Waals surface area (Å²) in [5, 5.41) is 3.88. The van der Waals surface area contributed by atoms with E-state index in [0.29, 0.717) is 18.0 Å². The lowest BCUT2D eigenvalue weighted by molar-refractivity contribution is 0.0986. The molecule has 0 atom stereocenters. The van der Waals surface area contributed by atoms with Gasteiger partial charge >= 0.3 is 0 Å². The maximum Gasteiger partial charge on any atom is 0.164 e. The molecule has 0 spiro atoms. The predicted molar refractivity (Wildman–Crippen MR) is 80.1 cm³/mol. The summed E-state index contributed by atoms with van der Waals surface area (Å²) < 4.78 is 0.